The summed E-state index contributed by atoms with van der Waals surface area (Å²) in [5.41, 5.74) is 2.04. The number of sulfonamides is 1. The Hall–Kier alpha value is -2.74. The fourth-order valence-electron chi connectivity index (χ4n) is 2.41. The zero-order valence-corrected chi connectivity index (χ0v) is 14.2. The van der Waals surface area contributed by atoms with Crippen LogP contribution in [0, 0.1) is 13.8 Å². The minimum absolute atomic E-state index is 0.118. The molecule has 0 N–H and O–H groups in total. The summed E-state index contributed by atoms with van der Waals surface area (Å²) in [7, 11) is -3.93. The lowest BCUT2D eigenvalue weighted by molar-refractivity contribution is 0.583. The van der Waals surface area contributed by atoms with Gasteiger partial charge in [0.05, 0.1) is 12.2 Å². The fraction of sp³-hybridized carbons (Fsp3) is 0.188. The molecule has 24 heavy (non-hydrogen) atoms. The van der Waals surface area contributed by atoms with Gasteiger partial charge in [-0.2, -0.15) is 13.4 Å². The maximum atomic E-state index is 13.0. The zero-order valence-electron chi connectivity index (χ0n) is 13.4. The summed E-state index contributed by atoms with van der Waals surface area (Å²) in [6, 6.07) is 10.6. The van der Waals surface area contributed by atoms with Crippen molar-refractivity contribution in [2.75, 3.05) is 10.8 Å². The maximum Gasteiger partial charge on any atom is 0.302 e. The molecule has 0 aliphatic heterocycles. The van der Waals surface area contributed by atoms with Crippen LogP contribution in [0.1, 0.15) is 11.4 Å². The van der Waals surface area contributed by atoms with Gasteiger partial charge in [0, 0.05) is 11.4 Å². The van der Waals surface area contributed by atoms with Crippen molar-refractivity contribution < 1.29 is 8.42 Å². The van der Waals surface area contributed by atoms with Crippen LogP contribution in [-0.2, 0) is 10.0 Å². The third-order valence-electron chi connectivity index (χ3n) is 3.46. The number of hydrogen-bond donors (Lipinski definition) is 0. The van der Waals surface area contributed by atoms with Gasteiger partial charge in [-0.25, -0.2) is 9.50 Å². The molecular weight excluding hydrogens is 326 g/mol. The van der Waals surface area contributed by atoms with Gasteiger partial charge in [-0.05, 0) is 32.0 Å². The van der Waals surface area contributed by atoms with Crippen LogP contribution in [0.2, 0.25) is 0 Å². The Morgan fingerprint density at radius 1 is 1.21 bits per heavy atom. The molecule has 1 aromatic carbocycles. The van der Waals surface area contributed by atoms with Crippen LogP contribution in [0.3, 0.4) is 0 Å². The molecule has 0 radical (unpaired) electrons. The van der Waals surface area contributed by atoms with Crippen LogP contribution in [0.15, 0.2) is 54.2 Å². The predicted octanol–water partition coefficient (Wildman–Crippen LogP) is 2.12. The second kappa shape index (κ2) is 6.04. The molecule has 0 fully saturated rings. The number of hydrogen-bond acceptors (Lipinski definition) is 5. The van der Waals surface area contributed by atoms with E-state index in [-0.39, 0.29) is 17.5 Å². The van der Waals surface area contributed by atoms with Crippen molar-refractivity contribution in [2.24, 2.45) is 0 Å². The van der Waals surface area contributed by atoms with Crippen molar-refractivity contribution in [3.8, 4) is 0 Å². The second-order valence-corrected chi connectivity index (χ2v) is 7.06. The molecule has 0 saturated carbocycles. The van der Waals surface area contributed by atoms with Crippen LogP contribution in [0.4, 0.5) is 5.69 Å². The molecule has 0 aliphatic rings. The van der Waals surface area contributed by atoms with Crippen LogP contribution in [0.5, 0.6) is 0 Å². The minimum Gasteiger partial charge on any atom is -0.260 e. The van der Waals surface area contributed by atoms with Crippen molar-refractivity contribution in [3.05, 3.63) is 60.4 Å². The highest BCUT2D eigenvalue weighted by atomic mass is 32.2. The quantitative estimate of drug-likeness (QED) is 0.663. The van der Waals surface area contributed by atoms with Crippen molar-refractivity contribution in [1.82, 2.24) is 19.6 Å². The Morgan fingerprint density at radius 3 is 2.58 bits per heavy atom. The average Bonchev–Trinajstić information content (AvgIpc) is 2.98. The highest BCUT2D eigenvalue weighted by molar-refractivity contribution is 7.92. The first-order valence-corrected chi connectivity index (χ1v) is 8.77. The van der Waals surface area contributed by atoms with Gasteiger partial charge in [0.2, 0.25) is 0 Å². The molecule has 7 nitrogen and oxygen atoms in total. The lowest BCUT2D eigenvalue weighted by Crippen LogP contribution is -2.32. The smallest absolute Gasteiger partial charge is 0.260 e. The molecule has 3 rings (SSSR count). The van der Waals surface area contributed by atoms with E-state index in [0.29, 0.717) is 5.69 Å². The third kappa shape index (κ3) is 2.76. The van der Waals surface area contributed by atoms with Crippen molar-refractivity contribution in [1.29, 1.82) is 0 Å². The Labute approximate surface area is 140 Å². The van der Waals surface area contributed by atoms with E-state index in [2.05, 4.69) is 21.6 Å². The summed E-state index contributed by atoms with van der Waals surface area (Å²) in [6.07, 6.45) is 1.52. The molecule has 3 aromatic rings. The lowest BCUT2D eigenvalue weighted by atomic mass is 10.3. The van der Waals surface area contributed by atoms with Crippen molar-refractivity contribution in [2.45, 2.75) is 19.0 Å². The number of aromatic nitrogens is 4. The fourth-order valence-corrected chi connectivity index (χ4v) is 3.69. The molecule has 124 valence electrons. The molecular formula is C16H17N5O2S. The maximum absolute atomic E-state index is 13.0. The molecule has 0 bridgehead atoms. The van der Waals surface area contributed by atoms with Crippen molar-refractivity contribution in [3.63, 3.8) is 0 Å². The second-order valence-electron chi connectivity index (χ2n) is 5.31. The van der Waals surface area contributed by atoms with Crippen LogP contribution >= 0.6 is 0 Å². The molecule has 0 saturated heterocycles. The molecule has 0 unspecified atom stereocenters. The summed E-state index contributed by atoms with van der Waals surface area (Å²) in [4.78, 5) is 8.35. The Balaban J connectivity index is 2.15. The Morgan fingerprint density at radius 2 is 1.92 bits per heavy atom. The number of rotatable bonds is 5. The number of fused-ring (bicyclic) bond motifs is 1. The first-order chi connectivity index (χ1) is 11.4. The van der Waals surface area contributed by atoms with E-state index in [9.17, 15) is 8.42 Å². The number of nitrogens with zero attached hydrogens (tertiary/aromatic N) is 5. The Kier molecular flexibility index (Phi) is 4.06. The number of benzene rings is 1. The van der Waals surface area contributed by atoms with Crippen molar-refractivity contribution >= 4 is 21.5 Å². The SMILES string of the molecule is C=CCN(c1ccccc1)S(=O)(=O)c1nc2nc(C)cc(C)n2n1. The van der Waals surface area contributed by atoms with E-state index in [4.69, 9.17) is 0 Å². The van der Waals surface area contributed by atoms with Gasteiger partial charge in [0.25, 0.3) is 10.9 Å². The molecule has 0 spiro atoms. The van der Waals surface area contributed by atoms with Gasteiger partial charge >= 0.3 is 10.0 Å². The van der Waals surface area contributed by atoms with E-state index in [1.165, 1.54) is 14.9 Å². The highest BCUT2D eigenvalue weighted by Crippen LogP contribution is 2.22. The van der Waals surface area contributed by atoms with E-state index in [1.54, 1.807) is 24.3 Å². The summed E-state index contributed by atoms with van der Waals surface area (Å²) < 4.78 is 28.6. The van der Waals surface area contributed by atoms with E-state index >= 15 is 0 Å². The summed E-state index contributed by atoms with van der Waals surface area (Å²) in [5, 5.41) is 3.85. The van der Waals surface area contributed by atoms with Gasteiger partial charge in [-0.1, -0.05) is 24.3 Å². The minimum atomic E-state index is -3.93. The summed E-state index contributed by atoms with van der Waals surface area (Å²) in [5.74, 6) is 0.262. The van der Waals surface area contributed by atoms with Gasteiger partial charge in [-0.15, -0.1) is 11.7 Å². The highest BCUT2D eigenvalue weighted by Gasteiger charge is 2.29. The summed E-state index contributed by atoms with van der Waals surface area (Å²) in [6.45, 7) is 7.40. The third-order valence-corrected chi connectivity index (χ3v) is 5.03. The molecule has 2 aromatic heterocycles. The molecule has 0 amide bonds. The number of anilines is 1. The largest absolute Gasteiger partial charge is 0.302 e. The zero-order chi connectivity index (χ0) is 17.3. The van der Waals surface area contributed by atoms with Gasteiger partial charge in [0.15, 0.2) is 0 Å². The first-order valence-electron chi connectivity index (χ1n) is 7.33. The van der Waals surface area contributed by atoms with Crippen LogP contribution < -0.4 is 4.31 Å². The molecule has 0 aliphatic carbocycles. The van der Waals surface area contributed by atoms with Crippen LogP contribution in [-0.4, -0.2) is 34.5 Å². The summed E-state index contributed by atoms with van der Waals surface area (Å²) >= 11 is 0. The van der Waals surface area contributed by atoms with Gasteiger partial charge < -0.3 is 0 Å². The lowest BCUT2D eigenvalue weighted by Gasteiger charge is -2.20. The number of aryl methyl sites for hydroxylation is 2. The normalized spacial score (nSPS) is 11.6. The average molecular weight is 343 g/mol. The number of para-hydroxylation sites is 1. The predicted molar refractivity (Wildman–Crippen MR) is 91.4 cm³/mol. The molecule has 2 heterocycles. The first kappa shape index (κ1) is 16.1. The van der Waals surface area contributed by atoms with E-state index in [1.807, 2.05) is 26.0 Å². The molecule has 8 heteroatoms. The van der Waals surface area contributed by atoms with E-state index < -0.39 is 10.0 Å². The van der Waals surface area contributed by atoms with E-state index in [0.717, 1.165) is 11.4 Å². The van der Waals surface area contributed by atoms with Gasteiger partial charge in [-0.3, -0.25) is 4.31 Å². The Bertz CT molecular complexity index is 996. The topological polar surface area (TPSA) is 80.5 Å². The van der Waals surface area contributed by atoms with Crippen LogP contribution in [0.25, 0.3) is 5.78 Å². The molecule has 0 atom stereocenters. The monoisotopic (exact) mass is 343 g/mol. The standard InChI is InChI=1S/C16H17N5O2S/c1-4-10-20(14-8-6-5-7-9-14)24(22,23)16-18-15-17-12(2)11-13(3)21(15)19-16/h4-9,11H,1,10H2,2-3H3. The van der Waals surface area contributed by atoms with Gasteiger partial charge in [0.1, 0.15) is 0 Å².